The van der Waals surface area contributed by atoms with Crippen molar-refractivity contribution in [1.29, 1.82) is 0 Å². The molecule has 1 saturated carbocycles. The lowest BCUT2D eigenvalue weighted by Gasteiger charge is -2.21. The summed E-state index contributed by atoms with van der Waals surface area (Å²) in [6.07, 6.45) is 0.229. The fourth-order valence-corrected chi connectivity index (χ4v) is 3.85. The maximum Gasteiger partial charge on any atom is 0.438 e. The monoisotopic (exact) mass is 431 g/mol. The molecule has 6 heteroatoms. The zero-order valence-electron chi connectivity index (χ0n) is 18.1. The summed E-state index contributed by atoms with van der Waals surface area (Å²) in [6, 6.07) is 24.6. The summed E-state index contributed by atoms with van der Waals surface area (Å²) >= 11 is 0. The van der Waals surface area contributed by atoms with Crippen molar-refractivity contribution in [1.82, 2.24) is 0 Å². The van der Waals surface area contributed by atoms with Crippen molar-refractivity contribution in [2.75, 3.05) is 19.3 Å². The van der Waals surface area contributed by atoms with E-state index in [2.05, 4.69) is 0 Å². The van der Waals surface area contributed by atoms with Gasteiger partial charge in [0.15, 0.2) is 5.78 Å². The zero-order valence-corrected chi connectivity index (χ0v) is 18.1. The molecule has 0 heterocycles. The Kier molecular flexibility index (Phi) is 6.52. The largest absolute Gasteiger partial charge is 0.489 e. The Balaban J connectivity index is 1.44. The SMILES string of the molecule is COC(=O)N(OC)c1ccccc1COc1cccc(C2CC2C(=O)c2ccccc2)c1. The van der Waals surface area contributed by atoms with Crippen LogP contribution in [-0.4, -0.2) is 26.1 Å². The van der Waals surface area contributed by atoms with Crippen LogP contribution in [0.15, 0.2) is 78.9 Å². The molecule has 0 spiro atoms. The van der Waals surface area contributed by atoms with Gasteiger partial charge >= 0.3 is 6.09 Å². The topological polar surface area (TPSA) is 65.1 Å². The molecule has 0 radical (unpaired) electrons. The molecule has 1 aliphatic carbocycles. The predicted molar refractivity (Wildman–Crippen MR) is 121 cm³/mol. The van der Waals surface area contributed by atoms with E-state index < -0.39 is 6.09 Å². The van der Waals surface area contributed by atoms with Gasteiger partial charge < -0.3 is 9.47 Å². The number of hydrogen-bond acceptors (Lipinski definition) is 5. The molecule has 0 aliphatic heterocycles. The highest BCUT2D eigenvalue weighted by molar-refractivity contribution is 6.00. The van der Waals surface area contributed by atoms with Crippen LogP contribution in [0.4, 0.5) is 10.5 Å². The molecule has 0 N–H and O–H groups in total. The lowest BCUT2D eigenvalue weighted by molar-refractivity contribution is 0.0965. The number of amides is 1. The summed E-state index contributed by atoms with van der Waals surface area (Å²) in [6.45, 7) is 0.244. The number of hydrogen-bond donors (Lipinski definition) is 0. The summed E-state index contributed by atoms with van der Waals surface area (Å²) < 4.78 is 10.8. The third-order valence-electron chi connectivity index (χ3n) is 5.60. The van der Waals surface area contributed by atoms with Crippen LogP contribution in [0.25, 0.3) is 0 Å². The molecule has 3 aromatic carbocycles. The predicted octanol–water partition coefficient (Wildman–Crippen LogP) is 5.39. The molecule has 1 fully saturated rings. The smallest absolute Gasteiger partial charge is 0.438 e. The molecular formula is C26H25NO5. The molecule has 6 nitrogen and oxygen atoms in total. The van der Waals surface area contributed by atoms with E-state index in [1.165, 1.54) is 14.2 Å². The number of para-hydroxylation sites is 1. The molecule has 0 saturated heterocycles. The van der Waals surface area contributed by atoms with Crippen LogP contribution in [-0.2, 0) is 16.2 Å². The molecule has 0 aromatic heterocycles. The first-order chi connectivity index (χ1) is 15.6. The number of benzene rings is 3. The van der Waals surface area contributed by atoms with E-state index in [0.717, 1.165) is 28.2 Å². The minimum atomic E-state index is -0.621. The summed E-state index contributed by atoms with van der Waals surface area (Å²) in [4.78, 5) is 29.9. The van der Waals surface area contributed by atoms with E-state index >= 15 is 0 Å². The van der Waals surface area contributed by atoms with Crippen LogP contribution in [0.5, 0.6) is 5.75 Å². The van der Waals surface area contributed by atoms with Crippen molar-refractivity contribution in [3.63, 3.8) is 0 Å². The number of nitrogens with zero attached hydrogens (tertiary/aromatic N) is 1. The summed E-state index contributed by atoms with van der Waals surface area (Å²) in [5.74, 6) is 1.13. The Morgan fingerprint density at radius 3 is 2.44 bits per heavy atom. The third-order valence-corrected chi connectivity index (χ3v) is 5.60. The van der Waals surface area contributed by atoms with Gasteiger partial charge in [-0.05, 0) is 36.1 Å². The van der Waals surface area contributed by atoms with Gasteiger partial charge in [0.1, 0.15) is 12.4 Å². The first-order valence-electron chi connectivity index (χ1n) is 10.4. The number of carbonyl (C=O) groups excluding carboxylic acids is 2. The van der Waals surface area contributed by atoms with Crippen molar-refractivity contribution in [3.05, 3.63) is 95.6 Å². The molecule has 164 valence electrons. The molecule has 0 bridgehead atoms. The number of anilines is 1. The number of carbonyl (C=O) groups is 2. The maximum atomic E-state index is 12.7. The third kappa shape index (κ3) is 4.65. The van der Waals surface area contributed by atoms with Crippen LogP contribution in [0, 0.1) is 5.92 Å². The fraction of sp³-hybridized carbons (Fsp3) is 0.231. The van der Waals surface area contributed by atoms with Crippen LogP contribution < -0.4 is 9.80 Å². The second kappa shape index (κ2) is 9.66. The van der Waals surface area contributed by atoms with Crippen molar-refractivity contribution < 1.29 is 23.9 Å². The Hall–Kier alpha value is -3.64. The van der Waals surface area contributed by atoms with Gasteiger partial charge in [-0.1, -0.05) is 60.7 Å². The van der Waals surface area contributed by atoms with Gasteiger partial charge in [-0.2, -0.15) is 5.06 Å². The number of ether oxygens (including phenoxy) is 2. The zero-order chi connectivity index (χ0) is 22.5. The first-order valence-corrected chi connectivity index (χ1v) is 10.4. The quantitative estimate of drug-likeness (QED) is 0.354. The molecule has 1 amide bonds. The number of Topliss-reactive ketones (excluding diaryl/α,β-unsaturated/α-hetero) is 1. The molecule has 3 aromatic rings. The van der Waals surface area contributed by atoms with Crippen LogP contribution >= 0.6 is 0 Å². The highest BCUT2D eigenvalue weighted by Crippen LogP contribution is 2.49. The summed E-state index contributed by atoms with van der Waals surface area (Å²) in [5.41, 5.74) is 3.18. The van der Waals surface area contributed by atoms with Crippen molar-refractivity contribution in [3.8, 4) is 5.75 Å². The summed E-state index contributed by atoms with van der Waals surface area (Å²) in [7, 11) is 2.70. The van der Waals surface area contributed by atoms with Crippen LogP contribution in [0.3, 0.4) is 0 Å². The second-order valence-corrected chi connectivity index (χ2v) is 7.62. The van der Waals surface area contributed by atoms with Crippen molar-refractivity contribution in [2.24, 2.45) is 5.92 Å². The minimum absolute atomic E-state index is 0.0173. The average Bonchev–Trinajstić information content (AvgIpc) is 3.65. The highest BCUT2D eigenvalue weighted by atomic mass is 16.7. The first kappa shape index (κ1) is 21.6. The lowest BCUT2D eigenvalue weighted by Crippen LogP contribution is -2.30. The van der Waals surface area contributed by atoms with Gasteiger partial charge in [0.05, 0.1) is 19.9 Å². The Morgan fingerprint density at radius 2 is 1.69 bits per heavy atom. The standard InChI is InChI=1S/C26H25NO5/c1-30-26(29)27(31-2)24-14-7-6-11-20(24)17-32-21-13-8-12-19(15-21)22-16-23(22)25(28)18-9-4-3-5-10-18/h3-15,22-23H,16-17H2,1-2H3. The minimum Gasteiger partial charge on any atom is -0.489 e. The molecule has 1 aliphatic rings. The number of rotatable bonds is 8. The van der Waals surface area contributed by atoms with Crippen molar-refractivity contribution in [2.45, 2.75) is 18.9 Å². The van der Waals surface area contributed by atoms with E-state index in [-0.39, 0.29) is 24.2 Å². The average molecular weight is 431 g/mol. The van der Waals surface area contributed by atoms with E-state index in [1.54, 1.807) is 6.07 Å². The lowest BCUT2D eigenvalue weighted by atomic mass is 10.0. The number of hydroxylamine groups is 1. The highest BCUT2D eigenvalue weighted by Gasteiger charge is 2.44. The van der Waals surface area contributed by atoms with Gasteiger partial charge in [0.25, 0.3) is 0 Å². The molecular weight excluding hydrogens is 406 g/mol. The normalized spacial score (nSPS) is 16.8. The molecule has 2 unspecified atom stereocenters. The van der Waals surface area contributed by atoms with E-state index in [4.69, 9.17) is 14.3 Å². The molecule has 32 heavy (non-hydrogen) atoms. The fourth-order valence-electron chi connectivity index (χ4n) is 3.85. The van der Waals surface area contributed by atoms with Gasteiger partial charge in [-0.3, -0.25) is 9.63 Å². The van der Waals surface area contributed by atoms with Gasteiger partial charge in [-0.15, -0.1) is 0 Å². The maximum absolute atomic E-state index is 12.7. The number of methoxy groups -OCH3 is 1. The van der Waals surface area contributed by atoms with E-state index in [0.29, 0.717) is 11.4 Å². The molecule has 2 atom stereocenters. The second-order valence-electron chi connectivity index (χ2n) is 7.62. The van der Waals surface area contributed by atoms with Gasteiger partial charge in [-0.25, -0.2) is 4.79 Å². The van der Waals surface area contributed by atoms with Crippen LogP contribution in [0.1, 0.15) is 33.8 Å². The Labute approximate surface area is 187 Å². The van der Waals surface area contributed by atoms with Crippen molar-refractivity contribution >= 4 is 17.6 Å². The van der Waals surface area contributed by atoms with Gasteiger partial charge in [0, 0.05) is 17.0 Å². The molecule has 4 rings (SSSR count). The van der Waals surface area contributed by atoms with E-state index in [9.17, 15) is 9.59 Å². The number of ketones is 1. The summed E-state index contributed by atoms with van der Waals surface area (Å²) in [5, 5.41) is 1.08. The van der Waals surface area contributed by atoms with Crippen LogP contribution in [0.2, 0.25) is 0 Å². The van der Waals surface area contributed by atoms with Gasteiger partial charge in [0.2, 0.25) is 0 Å². The Morgan fingerprint density at radius 1 is 0.938 bits per heavy atom. The van der Waals surface area contributed by atoms with E-state index in [1.807, 2.05) is 72.8 Å². The Bertz CT molecular complexity index is 1100.